The molecule has 1 rings (SSSR count). The first-order valence-electron chi connectivity index (χ1n) is 5.25. The van der Waals surface area contributed by atoms with E-state index in [1.165, 1.54) is 5.82 Å². The maximum absolute atomic E-state index is 3.77. The van der Waals surface area contributed by atoms with E-state index in [0.717, 1.165) is 26.1 Å². The molecule has 1 N–H and O–H groups in total. The average molecular weight is 206 g/mol. The van der Waals surface area contributed by atoms with Gasteiger partial charge in [-0.05, 0) is 0 Å². The summed E-state index contributed by atoms with van der Waals surface area (Å²) in [5.41, 5.74) is 0. The van der Waals surface area contributed by atoms with Crippen molar-refractivity contribution in [1.29, 1.82) is 0 Å². The molecule has 1 aromatic rings. The Kier molecular flexibility index (Phi) is 4.84. The molecule has 0 fully saturated rings. The number of hydrogen-bond donors (Lipinski definition) is 1. The van der Waals surface area contributed by atoms with Crippen molar-refractivity contribution in [3.8, 4) is 0 Å². The summed E-state index contributed by atoms with van der Waals surface area (Å²) in [6.45, 7) is 10.3. The maximum atomic E-state index is 3.77. The molecule has 3 nitrogen and oxygen atoms in total. The van der Waals surface area contributed by atoms with E-state index in [1.807, 2.05) is 12.2 Å². The van der Waals surface area contributed by atoms with Gasteiger partial charge in [-0.1, -0.05) is 12.2 Å². The van der Waals surface area contributed by atoms with E-state index in [9.17, 15) is 0 Å². The van der Waals surface area contributed by atoms with Gasteiger partial charge in [-0.15, -0.1) is 13.2 Å². The predicted molar refractivity (Wildman–Crippen MR) is 62.6 cm³/mol. The van der Waals surface area contributed by atoms with Crippen LogP contribution in [0.1, 0.15) is 5.82 Å². The first-order chi connectivity index (χ1) is 7.29. The van der Waals surface area contributed by atoms with E-state index in [-0.39, 0.29) is 0 Å². The topological polar surface area (TPSA) is 20.8 Å². The number of aryl methyl sites for hydroxylation is 1. The van der Waals surface area contributed by atoms with Crippen LogP contribution in [0.4, 0.5) is 0 Å². The number of imidazole rings is 1. The van der Waals surface area contributed by atoms with Crippen molar-refractivity contribution in [1.82, 2.24) is 9.88 Å². The van der Waals surface area contributed by atoms with Crippen LogP contribution in [-0.2, 0) is 20.0 Å². The molecule has 82 valence electrons. The zero-order valence-electron chi connectivity index (χ0n) is 9.45. The van der Waals surface area contributed by atoms with Gasteiger partial charge in [-0.2, -0.15) is 0 Å². The normalized spacial score (nSPS) is 10.2. The van der Waals surface area contributed by atoms with Crippen LogP contribution in [0, 0.1) is 0 Å². The Labute approximate surface area is 91.7 Å². The van der Waals surface area contributed by atoms with Crippen molar-refractivity contribution in [2.75, 3.05) is 13.1 Å². The summed E-state index contributed by atoms with van der Waals surface area (Å²) in [5, 5.41) is 3.29. The van der Waals surface area contributed by atoms with E-state index < -0.39 is 0 Å². The average Bonchev–Trinajstić information content (AvgIpc) is 2.57. The molecule has 0 saturated carbocycles. The molecule has 0 amide bonds. The van der Waals surface area contributed by atoms with Gasteiger partial charge >= 0.3 is 0 Å². The Bertz CT molecular complexity index is 326. The van der Waals surface area contributed by atoms with Crippen LogP contribution in [0.2, 0.25) is 0 Å². The number of allylic oxidation sites excluding steroid dienone is 1. The highest BCUT2D eigenvalue weighted by Gasteiger charge is 2.11. The minimum absolute atomic E-state index is 0.865. The zero-order chi connectivity index (χ0) is 11.1. The van der Waals surface area contributed by atoms with Gasteiger partial charge in [0.1, 0.15) is 18.9 Å². The van der Waals surface area contributed by atoms with Crippen molar-refractivity contribution < 1.29 is 4.57 Å². The smallest absolute Gasteiger partial charge is 0.260 e. The van der Waals surface area contributed by atoms with Crippen LogP contribution in [0.5, 0.6) is 0 Å². The van der Waals surface area contributed by atoms with Crippen molar-refractivity contribution >= 4 is 0 Å². The summed E-state index contributed by atoms with van der Waals surface area (Å²) in [5.74, 6) is 1.28. The number of rotatable bonds is 7. The number of nitrogens with one attached hydrogen (secondary N) is 1. The molecule has 0 radical (unpaired) electrons. The summed E-state index contributed by atoms with van der Waals surface area (Å²) in [7, 11) is 2.06. The molecule has 1 aromatic heterocycles. The van der Waals surface area contributed by atoms with Gasteiger partial charge in [0.15, 0.2) is 0 Å². The van der Waals surface area contributed by atoms with Crippen LogP contribution in [0.15, 0.2) is 37.7 Å². The minimum Gasteiger partial charge on any atom is -0.309 e. The first-order valence-corrected chi connectivity index (χ1v) is 5.25. The van der Waals surface area contributed by atoms with Gasteiger partial charge in [0.25, 0.3) is 5.82 Å². The van der Waals surface area contributed by atoms with Crippen molar-refractivity contribution in [3.05, 3.63) is 43.5 Å². The van der Waals surface area contributed by atoms with Gasteiger partial charge in [-0.25, -0.2) is 9.13 Å². The summed E-state index contributed by atoms with van der Waals surface area (Å²) < 4.78 is 4.38. The Balaban J connectivity index is 2.52. The lowest BCUT2D eigenvalue weighted by Gasteiger charge is -2.01. The fraction of sp³-hybridized carbons (Fsp3) is 0.417. The molecule has 0 unspecified atom stereocenters. The summed E-state index contributed by atoms with van der Waals surface area (Å²) in [6, 6.07) is 0. The molecule has 1 heterocycles. The molecular weight excluding hydrogens is 186 g/mol. The third kappa shape index (κ3) is 3.36. The van der Waals surface area contributed by atoms with Crippen LogP contribution in [0.25, 0.3) is 0 Å². The van der Waals surface area contributed by atoms with E-state index >= 15 is 0 Å². The third-order valence-corrected chi connectivity index (χ3v) is 2.35. The van der Waals surface area contributed by atoms with Gasteiger partial charge in [0.05, 0.1) is 13.5 Å². The first kappa shape index (κ1) is 11.7. The third-order valence-electron chi connectivity index (χ3n) is 2.35. The molecule has 15 heavy (non-hydrogen) atoms. The van der Waals surface area contributed by atoms with Crippen LogP contribution in [0.3, 0.4) is 0 Å². The SMILES string of the molecule is C=CCNCCn1cc[n+](C)c1CC=C. The number of hydrogen-bond acceptors (Lipinski definition) is 1. The summed E-state index contributed by atoms with van der Waals surface area (Å²) >= 11 is 0. The Morgan fingerprint density at radius 2 is 2.27 bits per heavy atom. The van der Waals surface area contributed by atoms with Crippen LogP contribution in [-0.4, -0.2) is 17.7 Å². The van der Waals surface area contributed by atoms with Crippen molar-refractivity contribution in [2.24, 2.45) is 7.05 Å². The van der Waals surface area contributed by atoms with E-state index in [4.69, 9.17) is 0 Å². The standard InChI is InChI=1S/C12H20N3/c1-4-6-12-14(3)10-11-15(12)9-8-13-7-5-2/h4-5,10-11,13H,1-2,6-9H2,3H3/q+1. The van der Waals surface area contributed by atoms with Crippen molar-refractivity contribution in [3.63, 3.8) is 0 Å². The van der Waals surface area contributed by atoms with Crippen LogP contribution >= 0.6 is 0 Å². The quantitative estimate of drug-likeness (QED) is 0.398. The predicted octanol–water partition coefficient (Wildman–Crippen LogP) is 0.817. The van der Waals surface area contributed by atoms with Gasteiger partial charge in [-0.3, -0.25) is 0 Å². The van der Waals surface area contributed by atoms with E-state index in [0.29, 0.717) is 0 Å². The lowest BCUT2D eigenvalue weighted by Crippen LogP contribution is -2.32. The molecule has 0 aliphatic carbocycles. The highest BCUT2D eigenvalue weighted by Crippen LogP contribution is 1.96. The molecule has 0 atom stereocenters. The fourth-order valence-corrected chi connectivity index (χ4v) is 1.55. The lowest BCUT2D eigenvalue weighted by atomic mass is 10.4. The molecule has 0 spiro atoms. The fourth-order valence-electron chi connectivity index (χ4n) is 1.55. The number of aromatic nitrogens is 2. The molecular formula is C12H20N3+. The molecule has 0 aliphatic rings. The molecule has 0 aromatic carbocycles. The van der Waals surface area contributed by atoms with Gasteiger partial charge in [0.2, 0.25) is 0 Å². The van der Waals surface area contributed by atoms with Gasteiger partial charge < -0.3 is 5.32 Å². The Morgan fingerprint density at radius 3 is 2.93 bits per heavy atom. The second-order valence-electron chi connectivity index (χ2n) is 3.50. The zero-order valence-corrected chi connectivity index (χ0v) is 9.45. The summed E-state index contributed by atoms with van der Waals surface area (Å²) in [4.78, 5) is 0. The highest BCUT2D eigenvalue weighted by molar-refractivity contribution is 4.90. The van der Waals surface area contributed by atoms with Gasteiger partial charge in [0, 0.05) is 13.1 Å². The summed E-state index contributed by atoms with van der Waals surface area (Å²) in [6.07, 6.45) is 8.90. The molecule has 3 heteroatoms. The van der Waals surface area contributed by atoms with Crippen LogP contribution < -0.4 is 9.88 Å². The molecule has 0 bridgehead atoms. The number of nitrogens with zero attached hydrogens (tertiary/aromatic N) is 2. The Morgan fingerprint density at radius 1 is 1.47 bits per heavy atom. The minimum atomic E-state index is 0.865. The Hall–Kier alpha value is -1.35. The second kappa shape index (κ2) is 6.19. The van der Waals surface area contributed by atoms with E-state index in [1.54, 1.807) is 0 Å². The molecule has 0 aliphatic heterocycles. The second-order valence-corrected chi connectivity index (χ2v) is 3.50. The molecule has 0 saturated heterocycles. The monoisotopic (exact) mass is 206 g/mol. The van der Waals surface area contributed by atoms with E-state index in [2.05, 4.69) is 47.1 Å². The highest BCUT2D eigenvalue weighted by atomic mass is 15.1. The van der Waals surface area contributed by atoms with Crippen molar-refractivity contribution in [2.45, 2.75) is 13.0 Å². The lowest BCUT2D eigenvalue weighted by molar-refractivity contribution is -0.678. The largest absolute Gasteiger partial charge is 0.309 e. The maximum Gasteiger partial charge on any atom is 0.260 e.